The lowest BCUT2D eigenvalue weighted by atomic mass is 10.0. The minimum absolute atomic E-state index is 0.0340. The molecule has 0 saturated carbocycles. The lowest BCUT2D eigenvalue weighted by Gasteiger charge is -2.16. The Morgan fingerprint density at radius 3 is 2.34 bits per heavy atom. The molecule has 3 aromatic carbocycles. The van der Waals surface area contributed by atoms with Gasteiger partial charge in [0.25, 0.3) is 5.56 Å². The van der Waals surface area contributed by atoms with Gasteiger partial charge in [-0.15, -0.1) is 0 Å². The molecule has 5 rings (SSSR count). The van der Waals surface area contributed by atoms with Gasteiger partial charge < -0.3 is 4.74 Å². The smallest absolute Gasteiger partial charge is 0.261 e. The molecule has 4 aromatic rings. The zero-order chi connectivity index (χ0) is 30.2. The summed E-state index contributed by atoms with van der Waals surface area (Å²) < 4.78 is 21.1. The highest BCUT2D eigenvalue weighted by Gasteiger charge is 2.30. The first-order valence-corrected chi connectivity index (χ1v) is 14.3. The van der Waals surface area contributed by atoms with E-state index < -0.39 is 0 Å². The molecule has 1 aromatic heterocycles. The summed E-state index contributed by atoms with van der Waals surface area (Å²) in [6.45, 7) is 14.1. The van der Waals surface area contributed by atoms with Crippen molar-refractivity contribution in [1.29, 1.82) is 5.26 Å². The van der Waals surface area contributed by atoms with E-state index in [4.69, 9.17) is 15.0 Å². The van der Waals surface area contributed by atoms with Gasteiger partial charge in [0.1, 0.15) is 23.0 Å². The van der Waals surface area contributed by atoms with Crippen LogP contribution in [0.4, 0.5) is 4.39 Å². The second-order valence-corrected chi connectivity index (χ2v) is 10.4. The largest absolute Gasteiger partial charge is 0.487 e. The molecule has 6 heteroatoms. The maximum absolute atomic E-state index is 13.5. The molecule has 0 saturated heterocycles. The number of unbranched alkanes of at least 4 members (excludes halogenated alkanes) is 1. The van der Waals surface area contributed by atoms with Crippen LogP contribution in [-0.4, -0.2) is 15.2 Å². The van der Waals surface area contributed by atoms with Crippen LogP contribution in [0.1, 0.15) is 75.7 Å². The van der Waals surface area contributed by atoms with Crippen molar-refractivity contribution < 1.29 is 9.13 Å². The summed E-state index contributed by atoms with van der Waals surface area (Å²) in [7, 11) is 0. The molecule has 2 heterocycles. The third-order valence-corrected chi connectivity index (χ3v) is 6.86. The van der Waals surface area contributed by atoms with Crippen molar-refractivity contribution in [1.82, 2.24) is 9.55 Å². The quantitative estimate of drug-likeness (QED) is 0.249. The first-order chi connectivity index (χ1) is 19.6. The van der Waals surface area contributed by atoms with E-state index in [0.717, 1.165) is 59.8 Å². The van der Waals surface area contributed by atoms with Gasteiger partial charge in [0.15, 0.2) is 0 Å². The summed E-state index contributed by atoms with van der Waals surface area (Å²) in [4.78, 5) is 17.6. The lowest BCUT2D eigenvalue weighted by Crippen LogP contribution is -2.26. The number of fused-ring (bicyclic) bond motifs is 1. The summed E-state index contributed by atoms with van der Waals surface area (Å²) in [5.41, 5.74) is 5.15. The third-order valence-electron chi connectivity index (χ3n) is 6.86. The molecule has 0 radical (unpaired) electrons. The Balaban J connectivity index is 0.000000233. The first kappa shape index (κ1) is 31.3. The van der Waals surface area contributed by atoms with Gasteiger partial charge in [0.05, 0.1) is 23.0 Å². The minimum Gasteiger partial charge on any atom is -0.487 e. The van der Waals surface area contributed by atoms with Gasteiger partial charge in [-0.05, 0) is 70.9 Å². The summed E-state index contributed by atoms with van der Waals surface area (Å²) >= 11 is 0. The van der Waals surface area contributed by atoms with Crippen molar-refractivity contribution in [2.24, 2.45) is 0 Å². The van der Waals surface area contributed by atoms with E-state index in [2.05, 4.69) is 32.9 Å². The molecule has 0 N–H and O–H groups in total. The molecular formula is C35H40FN3O2. The van der Waals surface area contributed by atoms with Crippen LogP contribution in [0.5, 0.6) is 5.75 Å². The topological polar surface area (TPSA) is 67.9 Å². The third kappa shape index (κ3) is 7.29. The second kappa shape index (κ2) is 13.9. The molecule has 0 spiro atoms. The van der Waals surface area contributed by atoms with Crippen LogP contribution in [-0.2, 0) is 12.8 Å². The van der Waals surface area contributed by atoms with Gasteiger partial charge in [-0.3, -0.25) is 9.36 Å². The van der Waals surface area contributed by atoms with Gasteiger partial charge in [-0.2, -0.15) is 5.26 Å². The van der Waals surface area contributed by atoms with Crippen LogP contribution >= 0.6 is 0 Å². The highest BCUT2D eigenvalue weighted by atomic mass is 19.1. The summed E-state index contributed by atoms with van der Waals surface area (Å²) in [5.74, 6) is 1.36. The number of aromatic nitrogens is 2. The van der Waals surface area contributed by atoms with Gasteiger partial charge in [-0.1, -0.05) is 63.6 Å². The van der Waals surface area contributed by atoms with Crippen LogP contribution in [0, 0.1) is 31.0 Å². The van der Waals surface area contributed by atoms with Crippen molar-refractivity contribution in [3.63, 3.8) is 0 Å². The average molecular weight is 554 g/mol. The molecule has 41 heavy (non-hydrogen) atoms. The zero-order valence-electron chi connectivity index (χ0n) is 25.2. The number of halogens is 1. The Hall–Kier alpha value is -4.24. The molecule has 214 valence electrons. The van der Waals surface area contributed by atoms with Crippen molar-refractivity contribution in [2.45, 2.75) is 79.8 Å². The molecular weight excluding hydrogens is 513 g/mol. The van der Waals surface area contributed by atoms with Gasteiger partial charge >= 0.3 is 0 Å². The molecule has 0 atom stereocenters. The highest BCUT2D eigenvalue weighted by Crippen LogP contribution is 2.35. The summed E-state index contributed by atoms with van der Waals surface area (Å²) in [6, 6.07) is 21.5. The Morgan fingerprint density at radius 2 is 1.68 bits per heavy atom. The number of aryl methyl sites for hydroxylation is 2. The van der Waals surface area contributed by atoms with Crippen molar-refractivity contribution in [3.05, 3.63) is 111 Å². The molecule has 0 unspecified atom stereocenters. The van der Waals surface area contributed by atoms with Gasteiger partial charge in [-0.25, -0.2) is 9.37 Å². The number of ether oxygens (including phenoxy) is 1. The van der Waals surface area contributed by atoms with Crippen molar-refractivity contribution in [2.75, 3.05) is 0 Å². The van der Waals surface area contributed by atoms with E-state index in [9.17, 15) is 9.18 Å². The Morgan fingerprint density at radius 1 is 1.02 bits per heavy atom. The molecule has 0 fully saturated rings. The van der Waals surface area contributed by atoms with Crippen LogP contribution in [0.3, 0.4) is 0 Å². The Bertz CT molecular complexity index is 1600. The number of benzene rings is 3. The van der Waals surface area contributed by atoms with Crippen LogP contribution < -0.4 is 10.3 Å². The summed E-state index contributed by atoms with van der Waals surface area (Å²) in [6.07, 6.45) is 3.88. The number of nitrogens with zero attached hydrogens (tertiary/aromatic N) is 3. The molecule has 0 aliphatic carbocycles. The van der Waals surface area contributed by atoms with Gasteiger partial charge in [0.2, 0.25) is 0 Å². The van der Waals surface area contributed by atoms with E-state index in [1.165, 1.54) is 6.07 Å². The van der Waals surface area contributed by atoms with Crippen molar-refractivity contribution in [3.8, 4) is 28.6 Å². The predicted octanol–water partition coefficient (Wildman–Crippen LogP) is 8.30. The van der Waals surface area contributed by atoms with E-state index in [-0.39, 0.29) is 17.0 Å². The Kier molecular flexibility index (Phi) is 10.6. The fourth-order valence-corrected chi connectivity index (χ4v) is 4.89. The maximum Gasteiger partial charge on any atom is 0.261 e. The zero-order valence-corrected chi connectivity index (χ0v) is 25.2. The first-order valence-electron chi connectivity index (χ1n) is 14.3. The van der Waals surface area contributed by atoms with Gasteiger partial charge in [0, 0.05) is 28.7 Å². The van der Waals surface area contributed by atoms with Crippen LogP contribution in [0.25, 0.3) is 16.8 Å². The monoisotopic (exact) mass is 553 g/mol. The molecule has 5 nitrogen and oxygen atoms in total. The number of hydrogen-bond donors (Lipinski definition) is 0. The van der Waals surface area contributed by atoms with Crippen LogP contribution in [0.15, 0.2) is 71.5 Å². The van der Waals surface area contributed by atoms with E-state index in [1.807, 2.05) is 39.8 Å². The molecule has 0 amide bonds. The Labute approximate surface area is 243 Å². The van der Waals surface area contributed by atoms with Crippen molar-refractivity contribution >= 4 is 0 Å². The maximum atomic E-state index is 13.5. The fourth-order valence-electron chi connectivity index (χ4n) is 4.89. The van der Waals surface area contributed by atoms with E-state index >= 15 is 0 Å². The molecule has 1 aliphatic heterocycles. The normalized spacial score (nSPS) is 12.6. The average Bonchev–Trinajstić information content (AvgIpc) is 3.29. The standard InChI is InChI=1S/C20H26N2O2.C13H8FN.C2H6/c1-6-7-8-17-13(2)19(23)22(14(3)21-17)16-9-10-18-15(11-16)12-20(4,5)24-18;14-13-8-4-3-7-12(13)11-6-2-1-5-10(11)9-15;1-2/h9-11H,6-8,12H2,1-5H3;1-8H;1-2H3. The fraction of sp³-hybridized carbons (Fsp3) is 0.343. The molecule has 1 aliphatic rings. The summed E-state index contributed by atoms with van der Waals surface area (Å²) in [5, 5.41) is 8.90. The van der Waals surface area contributed by atoms with E-state index in [1.54, 1.807) is 47.0 Å². The minimum atomic E-state index is -0.305. The van der Waals surface area contributed by atoms with Crippen LogP contribution in [0.2, 0.25) is 0 Å². The predicted molar refractivity (Wildman–Crippen MR) is 164 cm³/mol. The molecule has 0 bridgehead atoms. The SMILES string of the molecule is CC.CCCCc1nc(C)n(-c2ccc3c(c2)CC(C)(C)O3)c(=O)c1C.N#Cc1ccccc1-c1ccccc1F. The number of nitriles is 1. The lowest BCUT2D eigenvalue weighted by molar-refractivity contribution is 0.138. The second-order valence-electron chi connectivity index (χ2n) is 10.4. The number of hydrogen-bond acceptors (Lipinski definition) is 4. The van der Waals surface area contributed by atoms with E-state index in [0.29, 0.717) is 16.7 Å². The highest BCUT2D eigenvalue weighted by molar-refractivity contribution is 5.70. The number of rotatable bonds is 5.